The van der Waals surface area contributed by atoms with Gasteiger partial charge in [-0.05, 0) is 31.2 Å². The lowest BCUT2D eigenvalue weighted by molar-refractivity contribution is 0.0736. The topological polar surface area (TPSA) is 42.2 Å². The summed E-state index contributed by atoms with van der Waals surface area (Å²) in [7, 11) is 0. The van der Waals surface area contributed by atoms with Gasteiger partial charge in [0.05, 0.1) is 12.1 Å². The minimum Gasteiger partial charge on any atom is -0.391 e. The minimum atomic E-state index is -0.370. The van der Waals surface area contributed by atoms with Crippen LogP contribution in [0.3, 0.4) is 0 Å². The number of rotatable bonds is 3. The molecule has 2 rings (SSSR count). The van der Waals surface area contributed by atoms with Gasteiger partial charge in [0.2, 0.25) is 0 Å². The first-order valence-corrected chi connectivity index (χ1v) is 6.97. The predicted octanol–water partition coefficient (Wildman–Crippen LogP) is 2.52. The van der Waals surface area contributed by atoms with Crippen LogP contribution in [0.2, 0.25) is 0 Å². The van der Waals surface area contributed by atoms with Gasteiger partial charge in [0.15, 0.2) is 0 Å². The van der Waals surface area contributed by atoms with Crippen molar-refractivity contribution in [3.05, 3.63) is 34.2 Å². The molecule has 2 atom stereocenters. The lowest BCUT2D eigenvalue weighted by Gasteiger charge is -2.29. The first-order valence-electron chi connectivity index (χ1n) is 6.97. The molecule has 0 unspecified atom stereocenters. The average molecular weight is 249 g/mol. The van der Waals surface area contributed by atoms with Crippen LogP contribution >= 0.6 is 0 Å². The fraction of sp³-hybridized carbons (Fsp3) is 0.667. The Bertz CT molecular complexity index is 450. The summed E-state index contributed by atoms with van der Waals surface area (Å²) in [5.74, 6) is 0.477. The molecular formula is C15H23NO2. The van der Waals surface area contributed by atoms with E-state index >= 15 is 0 Å². The molecule has 1 fully saturated rings. The number of aliphatic hydroxyl groups excluding tert-OH is 1. The molecule has 1 saturated carbocycles. The summed E-state index contributed by atoms with van der Waals surface area (Å²) in [6.45, 7) is 4.23. The van der Waals surface area contributed by atoms with Gasteiger partial charge in [-0.3, -0.25) is 4.79 Å². The molecule has 0 aliphatic heterocycles. The number of hydrogen-bond donors (Lipinski definition) is 1. The molecule has 100 valence electrons. The van der Waals surface area contributed by atoms with E-state index in [1.165, 1.54) is 0 Å². The van der Waals surface area contributed by atoms with Crippen molar-refractivity contribution in [2.45, 2.75) is 58.1 Å². The number of pyridine rings is 1. The molecule has 1 heterocycles. The molecule has 1 aromatic rings. The first-order chi connectivity index (χ1) is 8.59. The summed E-state index contributed by atoms with van der Waals surface area (Å²) in [5.41, 5.74) is 0.947. The summed E-state index contributed by atoms with van der Waals surface area (Å²) in [6, 6.07) is 3.81. The zero-order chi connectivity index (χ0) is 13.1. The zero-order valence-electron chi connectivity index (χ0n) is 11.3. The normalized spacial score (nSPS) is 24.4. The van der Waals surface area contributed by atoms with Crippen molar-refractivity contribution in [2.24, 2.45) is 5.92 Å². The van der Waals surface area contributed by atoms with E-state index in [-0.39, 0.29) is 17.7 Å². The van der Waals surface area contributed by atoms with Gasteiger partial charge in [-0.1, -0.05) is 32.8 Å². The van der Waals surface area contributed by atoms with Crippen molar-refractivity contribution in [2.75, 3.05) is 0 Å². The average Bonchev–Trinajstić information content (AvgIpc) is 2.32. The van der Waals surface area contributed by atoms with Crippen LogP contribution in [0.15, 0.2) is 23.1 Å². The van der Waals surface area contributed by atoms with Gasteiger partial charge in [-0.25, -0.2) is 0 Å². The molecule has 1 aliphatic rings. The molecule has 0 aromatic carbocycles. The van der Waals surface area contributed by atoms with Crippen LogP contribution in [-0.2, 0) is 6.42 Å². The van der Waals surface area contributed by atoms with Crippen LogP contribution in [0.4, 0.5) is 0 Å². The van der Waals surface area contributed by atoms with E-state index in [1.54, 1.807) is 4.57 Å². The highest BCUT2D eigenvalue weighted by Gasteiger charge is 2.25. The van der Waals surface area contributed by atoms with Crippen LogP contribution in [0.1, 0.15) is 51.1 Å². The van der Waals surface area contributed by atoms with Crippen molar-refractivity contribution in [3.8, 4) is 0 Å². The minimum absolute atomic E-state index is 0.0293. The van der Waals surface area contributed by atoms with E-state index < -0.39 is 0 Å². The van der Waals surface area contributed by atoms with E-state index in [2.05, 4.69) is 13.8 Å². The summed E-state index contributed by atoms with van der Waals surface area (Å²) in [6.07, 6.45) is 6.15. The Hall–Kier alpha value is -1.09. The molecule has 0 radical (unpaired) electrons. The summed E-state index contributed by atoms with van der Waals surface area (Å²) in [5, 5.41) is 10.1. The zero-order valence-corrected chi connectivity index (χ0v) is 11.3. The fourth-order valence-corrected chi connectivity index (χ4v) is 2.83. The number of aromatic nitrogens is 1. The summed E-state index contributed by atoms with van der Waals surface area (Å²) >= 11 is 0. The Balaban J connectivity index is 2.30. The molecule has 1 aliphatic carbocycles. The van der Waals surface area contributed by atoms with Gasteiger partial charge in [-0.15, -0.1) is 0 Å². The number of hydrogen-bond acceptors (Lipinski definition) is 2. The van der Waals surface area contributed by atoms with Gasteiger partial charge in [0, 0.05) is 11.8 Å². The molecule has 18 heavy (non-hydrogen) atoms. The van der Waals surface area contributed by atoms with Crippen LogP contribution in [0.5, 0.6) is 0 Å². The summed E-state index contributed by atoms with van der Waals surface area (Å²) in [4.78, 5) is 12.4. The lowest BCUT2D eigenvalue weighted by Crippen LogP contribution is -2.35. The van der Waals surface area contributed by atoms with E-state index in [1.807, 2.05) is 18.3 Å². The Labute approximate surface area is 108 Å². The highest BCUT2D eigenvalue weighted by molar-refractivity contribution is 5.12. The quantitative estimate of drug-likeness (QED) is 0.894. The Morgan fingerprint density at radius 2 is 2.11 bits per heavy atom. The fourth-order valence-electron chi connectivity index (χ4n) is 2.83. The largest absolute Gasteiger partial charge is 0.391 e. The third-order valence-corrected chi connectivity index (χ3v) is 3.73. The first kappa shape index (κ1) is 13.3. The van der Waals surface area contributed by atoms with E-state index in [0.717, 1.165) is 37.7 Å². The van der Waals surface area contributed by atoms with Crippen molar-refractivity contribution in [1.82, 2.24) is 4.57 Å². The second kappa shape index (κ2) is 5.70. The molecule has 0 amide bonds. The molecule has 0 bridgehead atoms. The standard InChI is InChI=1S/C15H23NO2/c1-11(2)10-12-6-5-9-16(15(12)18)13-7-3-4-8-14(13)17/h5-6,9,11,13-14,17H,3-4,7-8,10H2,1-2H3/t13-,14+/m0/s1. The molecule has 3 heteroatoms. The summed E-state index contributed by atoms with van der Waals surface area (Å²) < 4.78 is 1.75. The Morgan fingerprint density at radius 3 is 2.78 bits per heavy atom. The second-order valence-electron chi connectivity index (χ2n) is 5.76. The van der Waals surface area contributed by atoms with Crippen LogP contribution < -0.4 is 5.56 Å². The maximum atomic E-state index is 12.4. The third-order valence-electron chi connectivity index (χ3n) is 3.73. The van der Waals surface area contributed by atoms with Gasteiger partial charge in [0.25, 0.3) is 5.56 Å². The van der Waals surface area contributed by atoms with Crippen LogP contribution in [0, 0.1) is 5.92 Å². The van der Waals surface area contributed by atoms with Gasteiger partial charge < -0.3 is 9.67 Å². The number of aliphatic hydroxyl groups is 1. The highest BCUT2D eigenvalue weighted by Crippen LogP contribution is 2.27. The Kier molecular flexibility index (Phi) is 4.23. The third kappa shape index (κ3) is 2.83. The predicted molar refractivity (Wildman–Crippen MR) is 72.8 cm³/mol. The molecular weight excluding hydrogens is 226 g/mol. The van der Waals surface area contributed by atoms with Gasteiger partial charge in [0.1, 0.15) is 0 Å². The van der Waals surface area contributed by atoms with Crippen molar-refractivity contribution < 1.29 is 5.11 Å². The van der Waals surface area contributed by atoms with Gasteiger partial charge >= 0.3 is 0 Å². The molecule has 1 aromatic heterocycles. The van der Waals surface area contributed by atoms with Crippen molar-refractivity contribution in [3.63, 3.8) is 0 Å². The van der Waals surface area contributed by atoms with Crippen LogP contribution in [-0.4, -0.2) is 15.8 Å². The second-order valence-corrected chi connectivity index (χ2v) is 5.76. The maximum absolute atomic E-state index is 12.4. The van der Waals surface area contributed by atoms with Crippen molar-refractivity contribution in [1.29, 1.82) is 0 Å². The molecule has 3 nitrogen and oxygen atoms in total. The van der Waals surface area contributed by atoms with E-state index in [4.69, 9.17) is 0 Å². The lowest BCUT2D eigenvalue weighted by atomic mass is 9.92. The van der Waals surface area contributed by atoms with Crippen LogP contribution in [0.25, 0.3) is 0 Å². The number of nitrogens with zero attached hydrogens (tertiary/aromatic N) is 1. The van der Waals surface area contributed by atoms with E-state index in [9.17, 15) is 9.90 Å². The molecule has 1 N–H and O–H groups in total. The highest BCUT2D eigenvalue weighted by atomic mass is 16.3. The maximum Gasteiger partial charge on any atom is 0.254 e. The smallest absolute Gasteiger partial charge is 0.254 e. The van der Waals surface area contributed by atoms with E-state index in [0.29, 0.717) is 5.92 Å². The Morgan fingerprint density at radius 1 is 1.39 bits per heavy atom. The monoisotopic (exact) mass is 249 g/mol. The SMILES string of the molecule is CC(C)Cc1cccn([C@H]2CCCC[C@H]2O)c1=O. The molecule has 0 spiro atoms. The van der Waals surface area contributed by atoms with Gasteiger partial charge in [-0.2, -0.15) is 0 Å². The molecule has 0 saturated heterocycles. The van der Waals surface area contributed by atoms with Crippen molar-refractivity contribution >= 4 is 0 Å².